The molecule has 0 aliphatic rings. The number of hydrogen-bond acceptors (Lipinski definition) is 2. The third kappa shape index (κ3) is 3.68. The molecule has 2 unspecified atom stereocenters. The summed E-state index contributed by atoms with van der Waals surface area (Å²) >= 11 is 5.72. The Morgan fingerprint density at radius 2 is 2.05 bits per heavy atom. The van der Waals surface area contributed by atoms with Crippen molar-refractivity contribution in [2.45, 2.75) is 38.3 Å². The summed E-state index contributed by atoms with van der Waals surface area (Å²) in [4.78, 5) is 2.22. The highest BCUT2D eigenvalue weighted by molar-refractivity contribution is 6.30. The third-order valence-corrected chi connectivity index (χ3v) is 4.57. The highest BCUT2D eigenvalue weighted by atomic mass is 35.5. The molecule has 0 aromatic heterocycles. The van der Waals surface area contributed by atoms with Crippen molar-refractivity contribution in [1.82, 2.24) is 10.2 Å². The van der Waals surface area contributed by atoms with E-state index in [-0.39, 0.29) is 22.4 Å². The summed E-state index contributed by atoms with van der Waals surface area (Å²) in [7, 11) is 6.11. The van der Waals surface area contributed by atoms with Crippen LogP contribution in [0.15, 0.2) is 18.2 Å². The van der Waals surface area contributed by atoms with Crippen LogP contribution in [0.3, 0.4) is 0 Å². The van der Waals surface area contributed by atoms with E-state index < -0.39 is 0 Å². The maximum atomic E-state index is 13.5. The van der Waals surface area contributed by atoms with Crippen molar-refractivity contribution >= 4 is 11.6 Å². The van der Waals surface area contributed by atoms with Crippen LogP contribution in [0.5, 0.6) is 0 Å². The lowest BCUT2D eigenvalue weighted by Crippen LogP contribution is -2.56. The number of halogens is 2. The Morgan fingerprint density at radius 1 is 1.42 bits per heavy atom. The van der Waals surface area contributed by atoms with Crippen LogP contribution in [0.1, 0.15) is 25.8 Å². The second kappa shape index (κ2) is 6.69. The molecule has 1 aromatic rings. The van der Waals surface area contributed by atoms with Gasteiger partial charge in [-0.15, -0.1) is 0 Å². The second-order valence-electron chi connectivity index (χ2n) is 5.40. The van der Waals surface area contributed by atoms with Gasteiger partial charge < -0.3 is 10.2 Å². The lowest BCUT2D eigenvalue weighted by atomic mass is 9.84. The van der Waals surface area contributed by atoms with Crippen molar-refractivity contribution in [2.75, 3.05) is 21.1 Å². The number of likely N-dealkylation sites (N-methyl/N-ethyl adjacent to an activating group) is 2. The average molecular weight is 287 g/mol. The smallest absolute Gasteiger partial charge is 0.142 e. The summed E-state index contributed by atoms with van der Waals surface area (Å²) in [5.74, 6) is -0.350. The fraction of sp³-hybridized carbons (Fsp3) is 0.600. The zero-order chi connectivity index (χ0) is 14.6. The first kappa shape index (κ1) is 16.4. The average Bonchev–Trinajstić information content (AvgIpc) is 2.38. The van der Waals surface area contributed by atoms with Crippen LogP contribution >= 0.6 is 11.6 Å². The van der Waals surface area contributed by atoms with E-state index in [2.05, 4.69) is 38.2 Å². The molecule has 19 heavy (non-hydrogen) atoms. The van der Waals surface area contributed by atoms with Crippen molar-refractivity contribution in [1.29, 1.82) is 0 Å². The van der Waals surface area contributed by atoms with Crippen molar-refractivity contribution in [3.63, 3.8) is 0 Å². The number of hydrogen-bond donors (Lipinski definition) is 1. The number of nitrogens with one attached hydrogen (secondary N) is 1. The van der Waals surface area contributed by atoms with Crippen molar-refractivity contribution in [3.8, 4) is 0 Å². The number of nitrogens with zero attached hydrogens (tertiary/aromatic N) is 1. The molecule has 0 amide bonds. The van der Waals surface area contributed by atoms with Gasteiger partial charge in [-0.1, -0.05) is 24.6 Å². The molecular weight excluding hydrogens is 263 g/mol. The Morgan fingerprint density at radius 3 is 2.47 bits per heavy atom. The fourth-order valence-electron chi connectivity index (χ4n) is 2.41. The van der Waals surface area contributed by atoms with Crippen LogP contribution in [0.4, 0.5) is 4.39 Å². The Kier molecular flexibility index (Phi) is 5.78. The summed E-state index contributed by atoms with van der Waals surface area (Å²) in [5.41, 5.74) is 0.980. The van der Waals surface area contributed by atoms with Gasteiger partial charge in [0.05, 0.1) is 5.02 Å². The lowest BCUT2D eigenvalue weighted by molar-refractivity contribution is 0.116. The lowest BCUT2D eigenvalue weighted by Gasteiger charge is -2.42. The van der Waals surface area contributed by atoms with E-state index in [4.69, 9.17) is 11.6 Å². The molecule has 1 rings (SSSR count). The largest absolute Gasteiger partial charge is 0.315 e. The first-order chi connectivity index (χ1) is 8.85. The summed E-state index contributed by atoms with van der Waals surface area (Å²) in [6.45, 7) is 4.40. The molecule has 1 aromatic carbocycles. The molecule has 0 saturated heterocycles. The third-order valence-electron chi connectivity index (χ3n) is 4.26. The van der Waals surface area contributed by atoms with E-state index in [1.807, 2.05) is 13.1 Å². The van der Waals surface area contributed by atoms with Crippen molar-refractivity contribution < 1.29 is 4.39 Å². The van der Waals surface area contributed by atoms with E-state index >= 15 is 0 Å². The highest BCUT2D eigenvalue weighted by Crippen LogP contribution is 2.25. The van der Waals surface area contributed by atoms with Gasteiger partial charge in [-0.2, -0.15) is 0 Å². The first-order valence-electron chi connectivity index (χ1n) is 6.63. The Bertz CT molecular complexity index is 423. The number of benzene rings is 1. The molecule has 108 valence electrons. The molecule has 0 spiro atoms. The van der Waals surface area contributed by atoms with Gasteiger partial charge in [0.1, 0.15) is 5.82 Å². The van der Waals surface area contributed by atoms with Gasteiger partial charge in [-0.3, -0.25) is 0 Å². The second-order valence-corrected chi connectivity index (χ2v) is 5.81. The van der Waals surface area contributed by atoms with Crippen LogP contribution in [-0.4, -0.2) is 37.6 Å². The van der Waals surface area contributed by atoms with E-state index in [9.17, 15) is 4.39 Å². The summed E-state index contributed by atoms with van der Waals surface area (Å²) in [6, 6.07) is 5.28. The molecule has 0 saturated carbocycles. The Balaban J connectivity index is 2.95. The SMILES string of the molecule is CCC(C)(C(Cc1ccc(Cl)c(F)c1)NC)N(C)C. The minimum Gasteiger partial charge on any atom is -0.315 e. The predicted molar refractivity (Wildman–Crippen MR) is 80.3 cm³/mol. The van der Waals surface area contributed by atoms with Crippen LogP contribution in [0.2, 0.25) is 5.02 Å². The maximum Gasteiger partial charge on any atom is 0.142 e. The van der Waals surface area contributed by atoms with Crippen LogP contribution in [0.25, 0.3) is 0 Å². The number of rotatable bonds is 6. The van der Waals surface area contributed by atoms with Gasteiger partial charge in [0, 0.05) is 11.6 Å². The van der Waals surface area contributed by atoms with Gasteiger partial charge in [0.25, 0.3) is 0 Å². The zero-order valence-electron chi connectivity index (χ0n) is 12.4. The van der Waals surface area contributed by atoms with Crippen molar-refractivity contribution in [2.24, 2.45) is 0 Å². The topological polar surface area (TPSA) is 15.3 Å². The molecule has 1 N–H and O–H groups in total. The fourth-order valence-corrected chi connectivity index (χ4v) is 2.53. The Hall–Kier alpha value is -0.640. The summed E-state index contributed by atoms with van der Waals surface area (Å²) in [5, 5.41) is 3.54. The molecule has 4 heteroatoms. The minimum absolute atomic E-state index is 0.0187. The summed E-state index contributed by atoms with van der Waals surface area (Å²) < 4.78 is 13.5. The van der Waals surface area contributed by atoms with Gasteiger partial charge in [-0.25, -0.2) is 4.39 Å². The molecule has 0 heterocycles. The van der Waals surface area contributed by atoms with Crippen LogP contribution < -0.4 is 5.32 Å². The monoisotopic (exact) mass is 286 g/mol. The molecule has 0 radical (unpaired) electrons. The molecule has 2 nitrogen and oxygen atoms in total. The van der Waals surface area contributed by atoms with Crippen LogP contribution in [0, 0.1) is 5.82 Å². The molecule has 0 fully saturated rings. The molecule has 2 atom stereocenters. The maximum absolute atomic E-state index is 13.5. The highest BCUT2D eigenvalue weighted by Gasteiger charge is 2.33. The van der Waals surface area contributed by atoms with Gasteiger partial charge in [-0.05, 0) is 58.6 Å². The Labute approximate surface area is 120 Å². The quantitative estimate of drug-likeness (QED) is 0.863. The van der Waals surface area contributed by atoms with Gasteiger partial charge in [0.15, 0.2) is 0 Å². The van der Waals surface area contributed by atoms with Gasteiger partial charge >= 0.3 is 0 Å². The molecular formula is C15H24ClFN2. The minimum atomic E-state index is -0.350. The van der Waals surface area contributed by atoms with E-state index in [0.717, 1.165) is 18.4 Å². The van der Waals surface area contributed by atoms with Crippen molar-refractivity contribution in [3.05, 3.63) is 34.6 Å². The first-order valence-corrected chi connectivity index (χ1v) is 7.01. The van der Waals surface area contributed by atoms with E-state index in [0.29, 0.717) is 0 Å². The predicted octanol–water partition coefficient (Wildman–Crippen LogP) is 3.34. The summed E-state index contributed by atoms with van der Waals surface area (Å²) in [6.07, 6.45) is 1.79. The molecule has 0 aliphatic carbocycles. The zero-order valence-corrected chi connectivity index (χ0v) is 13.2. The standard InChI is InChI=1S/C15H24ClFN2/c1-6-15(2,19(4)5)14(18-3)10-11-7-8-12(16)13(17)9-11/h7-9,14,18H,6,10H2,1-5H3. The van der Waals surface area contributed by atoms with Gasteiger partial charge in [0.2, 0.25) is 0 Å². The van der Waals surface area contributed by atoms with Crippen LogP contribution in [-0.2, 0) is 6.42 Å². The molecule has 0 bridgehead atoms. The normalized spacial score (nSPS) is 16.4. The molecule has 0 aliphatic heterocycles. The van der Waals surface area contributed by atoms with E-state index in [1.165, 1.54) is 6.07 Å². The van der Waals surface area contributed by atoms with E-state index in [1.54, 1.807) is 6.07 Å².